The monoisotopic (exact) mass is 336 g/mol. The van der Waals surface area contributed by atoms with E-state index in [1.54, 1.807) is 0 Å². The molecule has 1 aliphatic carbocycles. The van der Waals surface area contributed by atoms with Gasteiger partial charge in [0.25, 0.3) is 0 Å². The van der Waals surface area contributed by atoms with Gasteiger partial charge < -0.3 is 4.98 Å². The summed E-state index contributed by atoms with van der Waals surface area (Å²) in [5, 5.41) is 0. The lowest BCUT2D eigenvalue weighted by molar-refractivity contribution is 0.975. The molecule has 0 radical (unpaired) electrons. The normalized spacial score (nSPS) is 14.7. The van der Waals surface area contributed by atoms with Crippen LogP contribution in [0.2, 0.25) is 0 Å². The summed E-state index contributed by atoms with van der Waals surface area (Å²) in [6, 6.07) is 28.6. The second kappa shape index (κ2) is 5.81. The number of benzene rings is 3. The molecule has 26 heavy (non-hydrogen) atoms. The fourth-order valence-corrected chi connectivity index (χ4v) is 3.92. The zero-order chi connectivity index (χ0) is 17.5. The van der Waals surface area contributed by atoms with Crippen LogP contribution in [0.4, 0.5) is 0 Å². The van der Waals surface area contributed by atoms with Crippen molar-refractivity contribution in [3.63, 3.8) is 0 Å². The van der Waals surface area contributed by atoms with Gasteiger partial charge in [-0.05, 0) is 11.1 Å². The van der Waals surface area contributed by atoms with Gasteiger partial charge in [-0.2, -0.15) is 4.98 Å². The minimum absolute atomic E-state index is 0.0574. The summed E-state index contributed by atoms with van der Waals surface area (Å²) >= 11 is 0. The molecule has 1 atom stereocenters. The van der Waals surface area contributed by atoms with Crippen LogP contribution in [0.1, 0.15) is 22.6 Å². The van der Waals surface area contributed by atoms with E-state index in [1.165, 1.54) is 11.1 Å². The second-order valence-electron chi connectivity index (χ2n) is 6.48. The molecule has 1 aliphatic rings. The fourth-order valence-electron chi connectivity index (χ4n) is 3.92. The van der Waals surface area contributed by atoms with Crippen molar-refractivity contribution in [2.45, 2.75) is 5.92 Å². The number of H-pyrrole nitrogens is 1. The lowest BCUT2D eigenvalue weighted by Gasteiger charge is -2.16. The minimum Gasteiger partial charge on any atom is -0.305 e. The lowest BCUT2D eigenvalue weighted by Crippen LogP contribution is -2.15. The molecule has 1 N–H and O–H groups in total. The van der Waals surface area contributed by atoms with Crippen LogP contribution < -0.4 is 5.69 Å². The highest BCUT2D eigenvalue weighted by Gasteiger charge is 2.33. The highest BCUT2D eigenvalue weighted by molar-refractivity contribution is 5.84. The molecule has 3 heteroatoms. The molecular weight excluding hydrogens is 320 g/mol. The predicted molar refractivity (Wildman–Crippen MR) is 103 cm³/mol. The van der Waals surface area contributed by atoms with Crippen LogP contribution in [0.15, 0.2) is 89.7 Å². The highest BCUT2D eigenvalue weighted by atomic mass is 16.1. The number of nitrogens with one attached hydrogen (secondary N) is 1. The molecule has 0 bridgehead atoms. The summed E-state index contributed by atoms with van der Waals surface area (Å²) < 4.78 is 0. The SMILES string of the molecule is O=c1nc(-c2ccccc2)c2c([nH]1)-c1ccccc1C2c1ccccc1. The van der Waals surface area contributed by atoms with Gasteiger partial charge in [-0.1, -0.05) is 84.9 Å². The van der Waals surface area contributed by atoms with E-state index in [2.05, 4.69) is 46.4 Å². The number of nitrogens with zero attached hydrogens (tertiary/aromatic N) is 1. The quantitative estimate of drug-likeness (QED) is 0.512. The van der Waals surface area contributed by atoms with E-state index in [0.717, 1.165) is 28.1 Å². The molecule has 0 spiro atoms. The zero-order valence-corrected chi connectivity index (χ0v) is 14.0. The topological polar surface area (TPSA) is 45.8 Å². The van der Waals surface area contributed by atoms with Crippen LogP contribution in [0.3, 0.4) is 0 Å². The summed E-state index contributed by atoms with van der Waals surface area (Å²) in [4.78, 5) is 19.7. The van der Waals surface area contributed by atoms with E-state index in [1.807, 2.05) is 48.5 Å². The first-order chi connectivity index (χ1) is 12.8. The van der Waals surface area contributed by atoms with Crippen molar-refractivity contribution in [3.8, 4) is 22.5 Å². The van der Waals surface area contributed by atoms with Crippen molar-refractivity contribution < 1.29 is 0 Å². The number of aromatic nitrogens is 2. The Morgan fingerprint density at radius 2 is 1.42 bits per heavy atom. The van der Waals surface area contributed by atoms with Crippen molar-refractivity contribution in [2.24, 2.45) is 0 Å². The van der Waals surface area contributed by atoms with Gasteiger partial charge in [-0.15, -0.1) is 0 Å². The smallest absolute Gasteiger partial charge is 0.305 e. The van der Waals surface area contributed by atoms with Crippen molar-refractivity contribution in [3.05, 3.63) is 112 Å². The summed E-state index contributed by atoms with van der Waals surface area (Å²) in [5.74, 6) is 0.0574. The molecule has 124 valence electrons. The van der Waals surface area contributed by atoms with E-state index in [-0.39, 0.29) is 11.6 Å². The van der Waals surface area contributed by atoms with E-state index < -0.39 is 0 Å². The van der Waals surface area contributed by atoms with Gasteiger partial charge in [0.05, 0.1) is 11.4 Å². The van der Waals surface area contributed by atoms with E-state index >= 15 is 0 Å². The number of fused-ring (bicyclic) bond motifs is 3. The molecule has 3 aromatic carbocycles. The Labute approximate surface area is 151 Å². The largest absolute Gasteiger partial charge is 0.345 e. The first-order valence-electron chi connectivity index (χ1n) is 8.67. The Morgan fingerprint density at radius 3 is 2.19 bits per heavy atom. The third-order valence-electron chi connectivity index (χ3n) is 4.98. The summed E-state index contributed by atoms with van der Waals surface area (Å²) in [6.45, 7) is 0. The van der Waals surface area contributed by atoms with E-state index in [4.69, 9.17) is 0 Å². The number of rotatable bonds is 2. The van der Waals surface area contributed by atoms with Crippen LogP contribution in [-0.4, -0.2) is 9.97 Å². The van der Waals surface area contributed by atoms with Crippen LogP contribution in [0.25, 0.3) is 22.5 Å². The average molecular weight is 336 g/mol. The van der Waals surface area contributed by atoms with Gasteiger partial charge in [0.2, 0.25) is 0 Å². The molecule has 1 unspecified atom stereocenters. The lowest BCUT2D eigenvalue weighted by atomic mass is 9.87. The van der Waals surface area contributed by atoms with Crippen LogP contribution in [0, 0.1) is 0 Å². The van der Waals surface area contributed by atoms with Crippen LogP contribution in [0.5, 0.6) is 0 Å². The predicted octanol–water partition coefficient (Wildman–Crippen LogP) is 4.60. The second-order valence-corrected chi connectivity index (χ2v) is 6.48. The Balaban J connectivity index is 1.87. The van der Waals surface area contributed by atoms with Gasteiger partial charge in [0.1, 0.15) is 0 Å². The molecule has 0 saturated heterocycles. The molecule has 4 aromatic rings. The molecule has 0 saturated carbocycles. The summed E-state index contributed by atoms with van der Waals surface area (Å²) in [5.41, 5.74) is 6.84. The first-order valence-corrected chi connectivity index (χ1v) is 8.67. The summed E-state index contributed by atoms with van der Waals surface area (Å²) in [7, 11) is 0. The molecule has 0 fully saturated rings. The van der Waals surface area contributed by atoms with Gasteiger partial charge in [-0.25, -0.2) is 4.79 Å². The van der Waals surface area contributed by atoms with Gasteiger partial charge in [0.15, 0.2) is 0 Å². The van der Waals surface area contributed by atoms with Crippen LogP contribution in [-0.2, 0) is 0 Å². The average Bonchev–Trinajstić information content (AvgIpc) is 3.03. The van der Waals surface area contributed by atoms with Gasteiger partial charge >= 0.3 is 5.69 Å². The first kappa shape index (κ1) is 14.8. The Morgan fingerprint density at radius 1 is 0.769 bits per heavy atom. The molecular formula is C23H16N2O. The molecule has 0 aliphatic heterocycles. The Kier molecular flexibility index (Phi) is 3.32. The highest BCUT2D eigenvalue weighted by Crippen LogP contribution is 2.49. The molecule has 0 amide bonds. The van der Waals surface area contributed by atoms with Crippen LogP contribution >= 0.6 is 0 Å². The standard InChI is InChI=1S/C23H16N2O/c26-23-24-21(16-11-5-2-6-12-16)20-19(15-9-3-1-4-10-15)17-13-7-8-14-18(17)22(20)25-23/h1-14,19H,(H,24,25,26). The van der Waals surface area contributed by atoms with Crippen molar-refractivity contribution in [2.75, 3.05) is 0 Å². The van der Waals surface area contributed by atoms with Crippen molar-refractivity contribution >= 4 is 0 Å². The molecule has 1 heterocycles. The number of aromatic amines is 1. The Bertz CT molecular complexity index is 1150. The van der Waals surface area contributed by atoms with E-state index in [9.17, 15) is 4.79 Å². The fraction of sp³-hybridized carbons (Fsp3) is 0.0435. The maximum absolute atomic E-state index is 12.3. The van der Waals surface area contributed by atoms with Crippen molar-refractivity contribution in [1.82, 2.24) is 9.97 Å². The zero-order valence-electron chi connectivity index (χ0n) is 14.0. The van der Waals surface area contributed by atoms with Crippen molar-refractivity contribution in [1.29, 1.82) is 0 Å². The maximum Gasteiger partial charge on any atom is 0.345 e. The molecule has 3 nitrogen and oxygen atoms in total. The third-order valence-corrected chi connectivity index (χ3v) is 4.98. The van der Waals surface area contributed by atoms with Gasteiger partial charge in [-0.3, -0.25) is 0 Å². The van der Waals surface area contributed by atoms with Gasteiger partial charge in [0, 0.05) is 22.6 Å². The molecule has 5 rings (SSSR count). The summed E-state index contributed by atoms with van der Waals surface area (Å²) in [6.07, 6.45) is 0. The number of hydrogen-bond acceptors (Lipinski definition) is 2. The molecule has 1 aromatic heterocycles. The number of hydrogen-bond donors (Lipinski definition) is 1. The van der Waals surface area contributed by atoms with E-state index in [0.29, 0.717) is 0 Å². The third kappa shape index (κ3) is 2.21. The Hall–Kier alpha value is -3.46. The minimum atomic E-state index is -0.314. The maximum atomic E-state index is 12.3.